The molecule has 1 amide bonds. The van der Waals surface area contributed by atoms with Gasteiger partial charge in [-0.2, -0.15) is 0 Å². The first kappa shape index (κ1) is 18.8. The average molecular weight is 322 g/mol. The third-order valence-corrected chi connectivity index (χ3v) is 3.23. The van der Waals surface area contributed by atoms with Gasteiger partial charge in [0.25, 0.3) is 0 Å². The van der Waals surface area contributed by atoms with E-state index in [0.717, 1.165) is 37.6 Å². The Bertz CT molecular complexity index is 424. The maximum Gasteiger partial charge on any atom is 0.236 e. The summed E-state index contributed by atoms with van der Waals surface area (Å²) in [5.74, 6) is 0.883. The van der Waals surface area contributed by atoms with E-state index in [-0.39, 0.29) is 37.3 Å². The Balaban J connectivity index is 0.00000180. The quantitative estimate of drug-likeness (QED) is 0.907. The topological polar surface area (TPSA) is 58.8 Å². The fraction of sp³-hybridized carbons (Fsp3) is 0.462. The van der Waals surface area contributed by atoms with Gasteiger partial charge in [-0.25, -0.2) is 0 Å². The fourth-order valence-corrected chi connectivity index (χ4v) is 2.15. The summed E-state index contributed by atoms with van der Waals surface area (Å²) in [4.78, 5) is 15.5. The summed E-state index contributed by atoms with van der Waals surface area (Å²) in [6, 6.07) is 7.98. The number of hydrogen-bond donors (Lipinski definition) is 1. The molecule has 1 aromatic rings. The summed E-state index contributed by atoms with van der Waals surface area (Å²) in [7, 11) is 1.66. The number of methoxy groups -OCH3 is 1. The standard InChI is InChI=1S/C13H19N3O2.2ClH/c1-18-12-4-2-3-11(9-12)15-5-7-16(8-6-15)13(17)10-14;;/h2-4,9H,5-8,10,14H2,1H3;2*1H. The minimum absolute atomic E-state index is 0. The van der Waals surface area contributed by atoms with Gasteiger partial charge >= 0.3 is 0 Å². The second kappa shape index (κ2) is 8.89. The zero-order chi connectivity index (χ0) is 13.0. The summed E-state index contributed by atoms with van der Waals surface area (Å²) in [5, 5.41) is 0. The Morgan fingerprint density at radius 2 is 1.90 bits per heavy atom. The first-order valence-electron chi connectivity index (χ1n) is 6.11. The van der Waals surface area contributed by atoms with Gasteiger partial charge in [0.1, 0.15) is 5.75 Å². The van der Waals surface area contributed by atoms with Crippen LogP contribution in [-0.4, -0.2) is 50.6 Å². The minimum Gasteiger partial charge on any atom is -0.497 e. The maximum atomic E-state index is 11.5. The molecule has 0 radical (unpaired) electrons. The Kier molecular flexibility index (Phi) is 8.37. The summed E-state index contributed by atoms with van der Waals surface area (Å²) < 4.78 is 5.21. The molecule has 1 aliphatic heterocycles. The van der Waals surface area contributed by atoms with Gasteiger partial charge < -0.3 is 20.3 Å². The van der Waals surface area contributed by atoms with Gasteiger partial charge in [-0.1, -0.05) is 6.07 Å². The van der Waals surface area contributed by atoms with Crippen LogP contribution in [0.5, 0.6) is 5.75 Å². The second-order valence-corrected chi connectivity index (χ2v) is 4.27. The molecule has 0 spiro atoms. The van der Waals surface area contributed by atoms with Crippen molar-refractivity contribution in [2.24, 2.45) is 5.73 Å². The molecule has 0 unspecified atom stereocenters. The van der Waals surface area contributed by atoms with Crippen LogP contribution in [0.3, 0.4) is 0 Å². The first-order chi connectivity index (χ1) is 8.74. The number of hydrogen-bond acceptors (Lipinski definition) is 4. The summed E-state index contributed by atoms with van der Waals surface area (Å²) >= 11 is 0. The van der Waals surface area contributed by atoms with Gasteiger partial charge in [0, 0.05) is 37.9 Å². The highest BCUT2D eigenvalue weighted by molar-refractivity contribution is 5.85. The maximum absolute atomic E-state index is 11.5. The first-order valence-corrected chi connectivity index (χ1v) is 6.11. The molecule has 7 heteroatoms. The van der Waals surface area contributed by atoms with Crippen LogP contribution < -0.4 is 15.4 Å². The number of anilines is 1. The van der Waals surface area contributed by atoms with Gasteiger partial charge in [0.05, 0.1) is 13.7 Å². The zero-order valence-corrected chi connectivity index (χ0v) is 13.1. The van der Waals surface area contributed by atoms with E-state index in [4.69, 9.17) is 10.5 Å². The minimum atomic E-state index is 0. The largest absolute Gasteiger partial charge is 0.497 e. The molecule has 0 saturated carbocycles. The van der Waals surface area contributed by atoms with Crippen LogP contribution in [0, 0.1) is 0 Å². The van der Waals surface area contributed by atoms with Gasteiger partial charge in [-0.05, 0) is 12.1 Å². The van der Waals surface area contributed by atoms with Crippen LogP contribution in [-0.2, 0) is 4.79 Å². The number of nitrogens with zero attached hydrogens (tertiary/aromatic N) is 2. The molecule has 0 aliphatic carbocycles. The van der Waals surface area contributed by atoms with E-state index in [1.807, 2.05) is 23.1 Å². The Morgan fingerprint density at radius 1 is 1.25 bits per heavy atom. The van der Waals surface area contributed by atoms with Crippen molar-refractivity contribution in [1.82, 2.24) is 4.90 Å². The molecule has 2 rings (SSSR count). The molecular weight excluding hydrogens is 301 g/mol. The van der Waals surface area contributed by atoms with E-state index in [9.17, 15) is 4.79 Å². The molecule has 114 valence electrons. The highest BCUT2D eigenvalue weighted by Crippen LogP contribution is 2.21. The van der Waals surface area contributed by atoms with E-state index < -0.39 is 0 Å². The van der Waals surface area contributed by atoms with Gasteiger partial charge in [0.15, 0.2) is 0 Å². The Labute approximate surface area is 131 Å². The average Bonchev–Trinajstić information content (AvgIpc) is 2.46. The number of piperazine rings is 1. The molecule has 2 N–H and O–H groups in total. The number of benzene rings is 1. The second-order valence-electron chi connectivity index (χ2n) is 4.27. The molecule has 1 fully saturated rings. The van der Waals surface area contributed by atoms with Crippen molar-refractivity contribution in [3.05, 3.63) is 24.3 Å². The molecule has 1 aromatic carbocycles. The molecule has 1 saturated heterocycles. The predicted molar refractivity (Wildman–Crippen MR) is 85.3 cm³/mol. The summed E-state index contributed by atoms with van der Waals surface area (Å²) in [6.07, 6.45) is 0. The van der Waals surface area contributed by atoms with Gasteiger partial charge in [-0.15, -0.1) is 24.8 Å². The summed E-state index contributed by atoms with van der Waals surface area (Å²) in [6.45, 7) is 3.22. The summed E-state index contributed by atoms with van der Waals surface area (Å²) in [5.41, 5.74) is 6.50. The van der Waals surface area contributed by atoms with Crippen molar-refractivity contribution in [3.8, 4) is 5.75 Å². The highest BCUT2D eigenvalue weighted by atomic mass is 35.5. The lowest BCUT2D eigenvalue weighted by Crippen LogP contribution is -2.50. The Morgan fingerprint density at radius 3 is 2.45 bits per heavy atom. The van der Waals surface area contributed by atoms with Crippen molar-refractivity contribution >= 4 is 36.4 Å². The van der Waals surface area contributed by atoms with Crippen LogP contribution in [0.1, 0.15) is 0 Å². The third kappa shape index (κ3) is 4.44. The molecule has 0 bridgehead atoms. The van der Waals surface area contributed by atoms with Crippen LogP contribution in [0.25, 0.3) is 0 Å². The van der Waals surface area contributed by atoms with Crippen molar-refractivity contribution in [2.45, 2.75) is 0 Å². The predicted octanol–water partition coefficient (Wildman–Crippen LogP) is 1.15. The number of amides is 1. The van der Waals surface area contributed by atoms with Crippen LogP contribution in [0.4, 0.5) is 5.69 Å². The number of carbonyl (C=O) groups is 1. The monoisotopic (exact) mass is 321 g/mol. The molecule has 0 aromatic heterocycles. The number of nitrogens with two attached hydrogens (primary N) is 1. The van der Waals surface area contributed by atoms with Crippen molar-refractivity contribution in [2.75, 3.05) is 44.7 Å². The van der Waals surface area contributed by atoms with Crippen molar-refractivity contribution < 1.29 is 9.53 Å². The molecule has 0 atom stereocenters. The smallest absolute Gasteiger partial charge is 0.236 e. The number of carbonyl (C=O) groups excluding carboxylic acids is 1. The lowest BCUT2D eigenvalue weighted by molar-refractivity contribution is -0.129. The zero-order valence-electron chi connectivity index (χ0n) is 11.4. The van der Waals surface area contributed by atoms with E-state index in [1.54, 1.807) is 7.11 Å². The lowest BCUT2D eigenvalue weighted by atomic mass is 10.2. The number of ether oxygens (including phenoxy) is 1. The molecular formula is C13H21Cl2N3O2. The van der Waals surface area contributed by atoms with Gasteiger partial charge in [0.2, 0.25) is 5.91 Å². The van der Waals surface area contributed by atoms with Crippen LogP contribution >= 0.6 is 24.8 Å². The van der Waals surface area contributed by atoms with Crippen LogP contribution in [0.2, 0.25) is 0 Å². The molecule has 1 heterocycles. The van der Waals surface area contributed by atoms with Crippen molar-refractivity contribution in [1.29, 1.82) is 0 Å². The SMILES string of the molecule is COc1cccc(N2CCN(C(=O)CN)CC2)c1.Cl.Cl. The molecule has 1 aliphatic rings. The number of rotatable bonds is 3. The van der Waals surface area contributed by atoms with E-state index >= 15 is 0 Å². The third-order valence-electron chi connectivity index (χ3n) is 3.23. The highest BCUT2D eigenvalue weighted by Gasteiger charge is 2.20. The lowest BCUT2D eigenvalue weighted by Gasteiger charge is -2.36. The Hall–Kier alpha value is -1.17. The molecule has 20 heavy (non-hydrogen) atoms. The van der Waals surface area contributed by atoms with Crippen molar-refractivity contribution in [3.63, 3.8) is 0 Å². The number of halogens is 2. The molecule has 5 nitrogen and oxygen atoms in total. The fourth-order valence-electron chi connectivity index (χ4n) is 2.15. The van der Waals surface area contributed by atoms with E-state index in [2.05, 4.69) is 11.0 Å². The van der Waals surface area contributed by atoms with E-state index in [1.165, 1.54) is 0 Å². The van der Waals surface area contributed by atoms with Gasteiger partial charge in [-0.3, -0.25) is 4.79 Å². The van der Waals surface area contributed by atoms with E-state index in [0.29, 0.717) is 0 Å². The van der Waals surface area contributed by atoms with Crippen LogP contribution in [0.15, 0.2) is 24.3 Å². The normalized spacial score (nSPS) is 14.1.